The number of benzene rings is 2. The lowest BCUT2D eigenvalue weighted by Gasteiger charge is -2.12. The molecule has 1 aliphatic rings. The van der Waals surface area contributed by atoms with Crippen molar-refractivity contribution in [3.8, 4) is 11.3 Å². The molecule has 0 atom stereocenters. The highest BCUT2D eigenvalue weighted by Gasteiger charge is 2.33. The first-order valence-corrected chi connectivity index (χ1v) is 10.6. The van der Waals surface area contributed by atoms with Crippen molar-refractivity contribution in [1.82, 2.24) is 0 Å². The van der Waals surface area contributed by atoms with Gasteiger partial charge in [-0.2, -0.15) is 10.1 Å². The van der Waals surface area contributed by atoms with Gasteiger partial charge in [0.1, 0.15) is 17.2 Å². The van der Waals surface area contributed by atoms with Crippen molar-refractivity contribution in [2.45, 2.75) is 13.8 Å². The van der Waals surface area contributed by atoms with Crippen molar-refractivity contribution < 1.29 is 23.7 Å². The Bertz CT molecular complexity index is 1360. The van der Waals surface area contributed by atoms with E-state index in [0.29, 0.717) is 29.4 Å². The molecule has 1 amide bonds. The first-order valence-electron chi connectivity index (χ1n) is 10.2. The standard InChI is InChI=1S/C24H18ClN3O6/c1-3-33-24(30)16-6-4-15(5-7-16)22-11-9-18(34-22)13-19-14(2)26-27(23(19)29)21-12-17(25)8-10-20(21)28(31)32/h4-13H,3H2,1-2H3. The summed E-state index contributed by atoms with van der Waals surface area (Å²) in [4.78, 5) is 35.6. The molecule has 1 aromatic heterocycles. The number of hydrogen-bond donors (Lipinski definition) is 0. The Balaban J connectivity index is 1.59. The van der Waals surface area contributed by atoms with Gasteiger partial charge in [-0.3, -0.25) is 14.9 Å². The zero-order chi connectivity index (χ0) is 24.4. The second kappa shape index (κ2) is 9.32. The van der Waals surface area contributed by atoms with Crippen LogP contribution in [0.3, 0.4) is 0 Å². The minimum absolute atomic E-state index is 0.0212. The van der Waals surface area contributed by atoms with Crippen LogP contribution in [0.5, 0.6) is 0 Å². The van der Waals surface area contributed by atoms with Gasteiger partial charge in [-0.15, -0.1) is 0 Å². The molecule has 0 saturated carbocycles. The van der Waals surface area contributed by atoms with Crippen LogP contribution in [0.1, 0.15) is 30.0 Å². The molecule has 34 heavy (non-hydrogen) atoms. The SMILES string of the molecule is CCOC(=O)c1ccc(-c2ccc(C=C3C(=O)N(c4cc(Cl)ccc4[N+](=O)[O-])N=C3C)o2)cc1. The molecule has 0 aliphatic carbocycles. The van der Waals surface area contributed by atoms with E-state index in [4.69, 9.17) is 20.8 Å². The summed E-state index contributed by atoms with van der Waals surface area (Å²) in [5.41, 5.74) is 1.45. The molecule has 0 saturated heterocycles. The van der Waals surface area contributed by atoms with Gasteiger partial charge in [0, 0.05) is 16.7 Å². The van der Waals surface area contributed by atoms with Crippen LogP contribution in [0.4, 0.5) is 11.4 Å². The fourth-order valence-corrected chi connectivity index (χ4v) is 3.55. The number of nitrogens with zero attached hydrogens (tertiary/aromatic N) is 3. The lowest BCUT2D eigenvalue weighted by atomic mass is 10.1. The quantitative estimate of drug-likeness (QED) is 0.200. The third kappa shape index (κ3) is 4.46. The number of esters is 1. The van der Waals surface area contributed by atoms with Gasteiger partial charge in [-0.25, -0.2) is 4.79 Å². The van der Waals surface area contributed by atoms with Crippen LogP contribution in [-0.4, -0.2) is 29.1 Å². The minimum Gasteiger partial charge on any atom is -0.462 e. The van der Waals surface area contributed by atoms with E-state index < -0.39 is 16.8 Å². The molecule has 0 radical (unpaired) electrons. The summed E-state index contributed by atoms with van der Waals surface area (Å²) in [5, 5.41) is 16.8. The van der Waals surface area contributed by atoms with Gasteiger partial charge >= 0.3 is 5.97 Å². The molecule has 172 valence electrons. The Hall–Kier alpha value is -4.24. The summed E-state index contributed by atoms with van der Waals surface area (Å²) in [5.74, 6) is -0.0213. The number of hydrogen-bond acceptors (Lipinski definition) is 7. The summed E-state index contributed by atoms with van der Waals surface area (Å²) < 4.78 is 10.8. The average molecular weight is 480 g/mol. The number of nitro groups is 1. The summed E-state index contributed by atoms with van der Waals surface area (Å²) in [7, 11) is 0. The summed E-state index contributed by atoms with van der Waals surface area (Å²) >= 11 is 5.99. The molecule has 10 heteroatoms. The van der Waals surface area contributed by atoms with Gasteiger partial charge in [-0.1, -0.05) is 23.7 Å². The number of furan rings is 1. The Morgan fingerprint density at radius 1 is 1.21 bits per heavy atom. The number of halogens is 1. The van der Waals surface area contributed by atoms with Crippen molar-refractivity contribution in [2.24, 2.45) is 5.10 Å². The van der Waals surface area contributed by atoms with Crippen LogP contribution in [0.25, 0.3) is 17.4 Å². The normalized spacial score (nSPS) is 14.4. The minimum atomic E-state index is -0.600. The van der Waals surface area contributed by atoms with Crippen LogP contribution < -0.4 is 5.01 Å². The summed E-state index contributed by atoms with van der Waals surface area (Å²) in [6.07, 6.45) is 1.52. The fraction of sp³-hybridized carbons (Fsp3) is 0.125. The van der Waals surface area contributed by atoms with Crippen LogP contribution in [0, 0.1) is 10.1 Å². The second-order valence-electron chi connectivity index (χ2n) is 7.25. The van der Waals surface area contributed by atoms with Gasteiger partial charge < -0.3 is 9.15 Å². The molecule has 4 rings (SSSR count). The molecule has 2 aromatic carbocycles. The van der Waals surface area contributed by atoms with Crippen molar-refractivity contribution in [3.05, 3.63) is 86.6 Å². The number of carbonyl (C=O) groups is 2. The molecule has 0 N–H and O–H groups in total. The average Bonchev–Trinajstić information content (AvgIpc) is 3.39. The zero-order valence-electron chi connectivity index (χ0n) is 18.1. The van der Waals surface area contributed by atoms with E-state index in [0.717, 1.165) is 10.6 Å². The Morgan fingerprint density at radius 3 is 2.62 bits per heavy atom. The zero-order valence-corrected chi connectivity index (χ0v) is 18.9. The first kappa shape index (κ1) is 22.9. The highest BCUT2D eigenvalue weighted by atomic mass is 35.5. The van der Waals surface area contributed by atoms with E-state index in [9.17, 15) is 19.7 Å². The molecular formula is C24H18ClN3O6. The van der Waals surface area contributed by atoms with Crippen LogP contribution in [0.2, 0.25) is 5.02 Å². The Labute approximate surface area is 199 Å². The molecule has 9 nitrogen and oxygen atoms in total. The van der Waals surface area contributed by atoms with E-state index in [-0.39, 0.29) is 22.0 Å². The van der Waals surface area contributed by atoms with Crippen LogP contribution >= 0.6 is 11.6 Å². The molecule has 0 spiro atoms. The van der Waals surface area contributed by atoms with E-state index in [1.54, 1.807) is 50.2 Å². The largest absolute Gasteiger partial charge is 0.462 e. The number of ether oxygens (including phenoxy) is 1. The lowest BCUT2D eigenvalue weighted by Crippen LogP contribution is -2.22. The molecule has 0 fully saturated rings. The number of amides is 1. The maximum atomic E-state index is 13.0. The van der Waals surface area contributed by atoms with Gasteiger partial charge in [0.05, 0.1) is 28.4 Å². The van der Waals surface area contributed by atoms with Gasteiger partial charge in [0.15, 0.2) is 0 Å². The predicted octanol–water partition coefficient (Wildman–Crippen LogP) is 5.49. The predicted molar refractivity (Wildman–Crippen MR) is 127 cm³/mol. The number of hydrazone groups is 1. The summed E-state index contributed by atoms with van der Waals surface area (Å²) in [6.45, 7) is 3.65. The van der Waals surface area contributed by atoms with Gasteiger partial charge in [-0.05, 0) is 56.3 Å². The third-order valence-electron chi connectivity index (χ3n) is 5.02. The van der Waals surface area contributed by atoms with E-state index in [2.05, 4.69) is 5.10 Å². The monoisotopic (exact) mass is 479 g/mol. The molecular weight excluding hydrogens is 462 g/mol. The maximum Gasteiger partial charge on any atom is 0.338 e. The van der Waals surface area contributed by atoms with E-state index in [1.165, 1.54) is 24.3 Å². The van der Waals surface area contributed by atoms with Gasteiger partial charge in [0.25, 0.3) is 11.6 Å². The topological polar surface area (TPSA) is 115 Å². The van der Waals surface area contributed by atoms with Crippen molar-refractivity contribution in [3.63, 3.8) is 0 Å². The smallest absolute Gasteiger partial charge is 0.338 e. The van der Waals surface area contributed by atoms with Crippen molar-refractivity contribution in [1.29, 1.82) is 0 Å². The second-order valence-corrected chi connectivity index (χ2v) is 7.69. The van der Waals surface area contributed by atoms with Gasteiger partial charge in [0.2, 0.25) is 0 Å². The Kier molecular flexibility index (Phi) is 6.29. The van der Waals surface area contributed by atoms with E-state index in [1.807, 2.05) is 0 Å². The van der Waals surface area contributed by atoms with Crippen LogP contribution in [0.15, 0.2) is 69.7 Å². The summed E-state index contributed by atoms with van der Waals surface area (Å²) in [6, 6.07) is 14.1. The highest BCUT2D eigenvalue weighted by molar-refractivity contribution is 6.33. The fourth-order valence-electron chi connectivity index (χ4n) is 3.38. The molecule has 3 aromatic rings. The Morgan fingerprint density at radius 2 is 1.94 bits per heavy atom. The van der Waals surface area contributed by atoms with Crippen LogP contribution in [-0.2, 0) is 9.53 Å². The first-order chi connectivity index (χ1) is 16.3. The van der Waals surface area contributed by atoms with Crippen molar-refractivity contribution in [2.75, 3.05) is 11.6 Å². The third-order valence-corrected chi connectivity index (χ3v) is 5.25. The van der Waals surface area contributed by atoms with E-state index >= 15 is 0 Å². The number of nitro benzene ring substituents is 1. The molecule has 0 unspecified atom stereocenters. The molecule has 0 bridgehead atoms. The number of anilines is 1. The molecule has 2 heterocycles. The van der Waals surface area contributed by atoms with Crippen molar-refractivity contribution >= 4 is 46.6 Å². The number of carbonyl (C=O) groups excluding carboxylic acids is 2. The maximum absolute atomic E-state index is 13.0. The molecule has 1 aliphatic heterocycles. The number of rotatable bonds is 6. The highest BCUT2D eigenvalue weighted by Crippen LogP contribution is 2.35. The lowest BCUT2D eigenvalue weighted by molar-refractivity contribution is -0.384.